The van der Waals surface area contributed by atoms with Crippen molar-refractivity contribution in [1.29, 1.82) is 0 Å². The van der Waals surface area contributed by atoms with Gasteiger partial charge in [0, 0.05) is 18.7 Å². The van der Waals surface area contributed by atoms with E-state index in [-0.39, 0.29) is 5.56 Å². The van der Waals surface area contributed by atoms with E-state index in [0.29, 0.717) is 13.0 Å². The van der Waals surface area contributed by atoms with Crippen LogP contribution in [-0.2, 0) is 0 Å². The Morgan fingerprint density at radius 3 is 2.11 bits per heavy atom. The van der Waals surface area contributed by atoms with E-state index in [1.807, 2.05) is 6.92 Å². The van der Waals surface area contributed by atoms with Gasteiger partial charge in [-0.15, -0.1) is 0 Å². The minimum Gasteiger partial charge on any atom is -0.352 e. The predicted octanol–water partition coefficient (Wildman–Crippen LogP) is 2.30. The molecule has 0 fully saturated rings. The number of halogens is 1. The van der Waals surface area contributed by atoms with E-state index >= 15 is 0 Å². The van der Waals surface area contributed by atoms with Gasteiger partial charge in [0.15, 0.2) is 5.02 Å². The molecule has 0 aliphatic carbocycles. The molecule has 1 aromatic rings. The second kappa shape index (κ2) is 6.10. The molecule has 9 heteroatoms. The molecule has 0 heterocycles. The number of nitro benzene ring substituents is 2. The zero-order chi connectivity index (χ0) is 14.6. The SMILES string of the molecule is CCCNC(=O)c1cc([N+](=O)[O-])c(Cl)c([N+](=O)[O-])c1. The quantitative estimate of drug-likeness (QED) is 0.659. The first-order valence-corrected chi connectivity index (χ1v) is 5.66. The molecule has 19 heavy (non-hydrogen) atoms. The van der Waals surface area contributed by atoms with E-state index in [1.165, 1.54) is 0 Å². The van der Waals surface area contributed by atoms with Crippen molar-refractivity contribution in [1.82, 2.24) is 5.32 Å². The van der Waals surface area contributed by atoms with E-state index < -0.39 is 32.2 Å². The first kappa shape index (κ1) is 14.8. The van der Waals surface area contributed by atoms with Crippen molar-refractivity contribution < 1.29 is 14.6 Å². The molecule has 0 aliphatic rings. The van der Waals surface area contributed by atoms with Crippen LogP contribution in [0.3, 0.4) is 0 Å². The maximum atomic E-state index is 11.7. The minimum atomic E-state index is -0.869. The summed E-state index contributed by atoms with van der Waals surface area (Å²) in [5.41, 5.74) is -1.51. The van der Waals surface area contributed by atoms with Gasteiger partial charge < -0.3 is 5.32 Å². The van der Waals surface area contributed by atoms with Crippen LogP contribution in [0, 0.1) is 20.2 Å². The Morgan fingerprint density at radius 1 is 1.26 bits per heavy atom. The maximum absolute atomic E-state index is 11.7. The van der Waals surface area contributed by atoms with Crippen LogP contribution in [0.5, 0.6) is 0 Å². The Hall–Kier alpha value is -2.22. The molecule has 0 bridgehead atoms. The number of nitrogens with one attached hydrogen (secondary N) is 1. The largest absolute Gasteiger partial charge is 0.352 e. The van der Waals surface area contributed by atoms with Crippen molar-refractivity contribution in [2.45, 2.75) is 13.3 Å². The zero-order valence-electron chi connectivity index (χ0n) is 9.88. The number of benzene rings is 1. The van der Waals surface area contributed by atoms with Gasteiger partial charge in [0.2, 0.25) is 0 Å². The lowest BCUT2D eigenvalue weighted by Gasteiger charge is -2.04. The highest BCUT2D eigenvalue weighted by molar-refractivity contribution is 6.35. The lowest BCUT2D eigenvalue weighted by molar-refractivity contribution is -0.393. The fourth-order valence-corrected chi connectivity index (χ4v) is 1.58. The molecule has 1 N–H and O–H groups in total. The van der Waals surface area contributed by atoms with Gasteiger partial charge in [-0.25, -0.2) is 0 Å². The van der Waals surface area contributed by atoms with Gasteiger partial charge in [0.1, 0.15) is 0 Å². The summed E-state index contributed by atoms with van der Waals surface area (Å²) in [7, 11) is 0. The molecule has 0 saturated heterocycles. The molecule has 0 spiro atoms. The summed E-state index contributed by atoms with van der Waals surface area (Å²) in [5.74, 6) is -0.621. The molecule has 0 saturated carbocycles. The van der Waals surface area contributed by atoms with E-state index in [2.05, 4.69) is 5.32 Å². The Labute approximate surface area is 112 Å². The van der Waals surface area contributed by atoms with Crippen LogP contribution in [0.1, 0.15) is 23.7 Å². The van der Waals surface area contributed by atoms with E-state index in [9.17, 15) is 25.0 Å². The highest BCUT2D eigenvalue weighted by Crippen LogP contribution is 2.34. The Kier molecular flexibility index (Phi) is 4.76. The standard InChI is InChI=1S/C10H10ClN3O5/c1-2-3-12-10(15)6-4-7(13(16)17)9(11)8(5-6)14(18)19/h4-5H,2-3H2,1H3,(H,12,15). The third-order valence-electron chi connectivity index (χ3n) is 2.23. The van der Waals surface area contributed by atoms with Gasteiger partial charge in [0.25, 0.3) is 17.3 Å². The molecule has 0 atom stereocenters. The van der Waals surface area contributed by atoms with Crippen LogP contribution >= 0.6 is 11.6 Å². The van der Waals surface area contributed by atoms with Gasteiger partial charge in [-0.1, -0.05) is 18.5 Å². The number of nitro groups is 2. The molecule has 0 radical (unpaired) electrons. The average molecular weight is 288 g/mol. The van der Waals surface area contributed by atoms with Crippen molar-refractivity contribution in [2.75, 3.05) is 6.54 Å². The normalized spacial score (nSPS) is 10.0. The third-order valence-corrected chi connectivity index (χ3v) is 2.61. The number of nitrogens with zero attached hydrogens (tertiary/aromatic N) is 2. The molecule has 1 aromatic carbocycles. The minimum absolute atomic E-state index is 0.170. The summed E-state index contributed by atoms with van der Waals surface area (Å²) in [4.78, 5) is 31.4. The topological polar surface area (TPSA) is 115 Å². The number of carbonyl (C=O) groups excluding carboxylic acids is 1. The summed E-state index contributed by atoms with van der Waals surface area (Å²) >= 11 is 5.56. The van der Waals surface area contributed by atoms with E-state index in [4.69, 9.17) is 11.6 Å². The molecule has 1 amide bonds. The summed E-state index contributed by atoms with van der Waals surface area (Å²) in [6.45, 7) is 2.19. The van der Waals surface area contributed by atoms with Crippen molar-refractivity contribution >= 4 is 28.9 Å². The first-order valence-electron chi connectivity index (χ1n) is 5.29. The van der Waals surface area contributed by atoms with Crippen LogP contribution in [0.2, 0.25) is 5.02 Å². The highest BCUT2D eigenvalue weighted by Gasteiger charge is 2.26. The van der Waals surface area contributed by atoms with Crippen LogP contribution in [-0.4, -0.2) is 22.3 Å². The molecule has 102 valence electrons. The Balaban J connectivity index is 3.30. The maximum Gasteiger partial charge on any atom is 0.295 e. The fraction of sp³-hybridized carbons (Fsp3) is 0.300. The number of hydrogen-bond acceptors (Lipinski definition) is 5. The lowest BCUT2D eigenvalue weighted by atomic mass is 10.1. The van der Waals surface area contributed by atoms with Crippen LogP contribution < -0.4 is 5.32 Å². The second-order valence-electron chi connectivity index (χ2n) is 3.60. The second-order valence-corrected chi connectivity index (χ2v) is 3.98. The summed E-state index contributed by atoms with van der Waals surface area (Å²) in [6, 6.07) is 1.83. The van der Waals surface area contributed by atoms with Crippen molar-refractivity contribution in [3.05, 3.63) is 42.9 Å². The van der Waals surface area contributed by atoms with Gasteiger partial charge in [-0.05, 0) is 6.42 Å². The molecule has 1 rings (SSSR count). The molecule has 0 aliphatic heterocycles. The monoisotopic (exact) mass is 287 g/mol. The molecular weight excluding hydrogens is 278 g/mol. The van der Waals surface area contributed by atoms with Gasteiger partial charge >= 0.3 is 0 Å². The number of rotatable bonds is 5. The molecular formula is C10H10ClN3O5. The van der Waals surface area contributed by atoms with Gasteiger partial charge in [-0.2, -0.15) is 0 Å². The Morgan fingerprint density at radius 2 is 1.74 bits per heavy atom. The average Bonchev–Trinajstić information content (AvgIpc) is 2.35. The number of amides is 1. The van der Waals surface area contributed by atoms with E-state index in [1.54, 1.807) is 0 Å². The smallest absolute Gasteiger partial charge is 0.295 e. The summed E-state index contributed by atoms with van der Waals surface area (Å²) in [6.07, 6.45) is 0.670. The molecule has 0 unspecified atom stereocenters. The number of hydrogen-bond donors (Lipinski definition) is 1. The van der Waals surface area contributed by atoms with E-state index in [0.717, 1.165) is 12.1 Å². The molecule has 0 aromatic heterocycles. The highest BCUT2D eigenvalue weighted by atomic mass is 35.5. The third kappa shape index (κ3) is 3.38. The van der Waals surface area contributed by atoms with Gasteiger partial charge in [0.05, 0.1) is 15.4 Å². The zero-order valence-corrected chi connectivity index (χ0v) is 10.6. The van der Waals surface area contributed by atoms with Crippen molar-refractivity contribution in [2.24, 2.45) is 0 Å². The fourth-order valence-electron chi connectivity index (χ4n) is 1.33. The van der Waals surface area contributed by atoms with Crippen molar-refractivity contribution in [3.8, 4) is 0 Å². The number of carbonyl (C=O) groups is 1. The van der Waals surface area contributed by atoms with Crippen LogP contribution in [0.15, 0.2) is 12.1 Å². The van der Waals surface area contributed by atoms with Crippen LogP contribution in [0.25, 0.3) is 0 Å². The molecule has 8 nitrogen and oxygen atoms in total. The summed E-state index contributed by atoms with van der Waals surface area (Å²) in [5, 5.41) is 23.4. The van der Waals surface area contributed by atoms with Gasteiger partial charge in [-0.3, -0.25) is 25.0 Å². The Bertz CT molecular complexity index is 511. The first-order chi connectivity index (χ1) is 8.88. The van der Waals surface area contributed by atoms with Crippen LogP contribution in [0.4, 0.5) is 11.4 Å². The lowest BCUT2D eigenvalue weighted by Crippen LogP contribution is -2.24. The predicted molar refractivity (Wildman–Crippen MR) is 67.4 cm³/mol. The summed E-state index contributed by atoms with van der Waals surface area (Å²) < 4.78 is 0. The van der Waals surface area contributed by atoms with Crippen molar-refractivity contribution in [3.63, 3.8) is 0 Å².